The number of phosphoric ester groups is 1. The van der Waals surface area contributed by atoms with E-state index in [1.165, 1.54) is 15.0 Å². The van der Waals surface area contributed by atoms with Gasteiger partial charge in [-0.1, -0.05) is 0 Å². The van der Waals surface area contributed by atoms with Crippen molar-refractivity contribution in [1.82, 2.24) is 0 Å². The van der Waals surface area contributed by atoms with Crippen molar-refractivity contribution in [3.8, 4) is 0 Å². The Morgan fingerprint density at radius 1 is 1.56 bits per heavy atom. The number of hydrogen-bond acceptors (Lipinski definition) is 5. The first-order valence-corrected chi connectivity index (χ1v) is 6.26. The maximum Gasteiger partial charge on any atom is 0.472 e. The minimum atomic E-state index is -4.22. The fourth-order valence-electron chi connectivity index (χ4n) is 1.52. The first-order chi connectivity index (χ1) is 7.41. The van der Waals surface area contributed by atoms with Gasteiger partial charge in [0.25, 0.3) is 0 Å². The van der Waals surface area contributed by atoms with E-state index in [-0.39, 0.29) is 6.61 Å². The van der Waals surface area contributed by atoms with Crippen LogP contribution in [0, 0.1) is 0 Å². The molecule has 1 rings (SSSR count). The van der Waals surface area contributed by atoms with Crippen molar-refractivity contribution in [2.24, 2.45) is 0 Å². The zero-order valence-electron chi connectivity index (χ0n) is 9.33. The third-order valence-electron chi connectivity index (χ3n) is 2.33. The highest BCUT2D eigenvalue weighted by atomic mass is 31.2. The molecule has 0 aliphatic carbocycles. The summed E-state index contributed by atoms with van der Waals surface area (Å²) >= 11 is 0. The predicted octanol–water partition coefficient (Wildman–Crippen LogP) is -0.539. The average molecular weight is 256 g/mol. The van der Waals surface area contributed by atoms with Crippen molar-refractivity contribution in [3.63, 3.8) is 0 Å². The lowest BCUT2D eigenvalue weighted by atomic mass is 9.94. The van der Waals surface area contributed by atoms with Crippen LogP contribution in [0.1, 0.15) is 0 Å². The topological polar surface area (TPSA) is 74.2 Å². The molecule has 0 bridgehead atoms. The van der Waals surface area contributed by atoms with Gasteiger partial charge in [0.1, 0.15) is 26.2 Å². The normalized spacial score (nSPS) is 38.5. The van der Waals surface area contributed by atoms with E-state index in [1.54, 1.807) is 0 Å². The first-order valence-electron chi connectivity index (χ1n) is 4.76. The quantitative estimate of drug-likeness (QED) is 0.526. The number of alkyl halides is 1. The highest BCUT2D eigenvalue weighted by Gasteiger charge is 2.46. The molecule has 1 aliphatic heterocycles. The molecule has 1 aliphatic rings. The monoisotopic (exact) mass is 256 g/mol. The van der Waals surface area contributed by atoms with Gasteiger partial charge in [-0.2, -0.15) is 0 Å². The van der Waals surface area contributed by atoms with Gasteiger partial charge < -0.3 is 14.4 Å². The molecule has 1 heterocycles. The summed E-state index contributed by atoms with van der Waals surface area (Å²) in [6.45, 7) is 0.0825. The Kier molecular flexibility index (Phi) is 4.91. The third-order valence-corrected chi connectivity index (χ3v) is 3.31. The summed E-state index contributed by atoms with van der Waals surface area (Å²) in [6.07, 6.45) is -3.37. The number of halogens is 1. The molecule has 6 nitrogen and oxygen atoms in total. The van der Waals surface area contributed by atoms with E-state index in [1.807, 2.05) is 0 Å². The van der Waals surface area contributed by atoms with Crippen LogP contribution in [0.3, 0.4) is 0 Å². The van der Waals surface area contributed by atoms with Crippen molar-refractivity contribution < 1.29 is 32.4 Å². The van der Waals surface area contributed by atoms with Crippen molar-refractivity contribution in [3.05, 3.63) is 0 Å². The SMILES string of the molecule is B[C@@H]1O[C@H](COC)[C@@H](OP(=O)(O)OC)[C@H]1F. The Labute approximate surface area is 94.0 Å². The van der Waals surface area contributed by atoms with Crippen LogP contribution in [0.5, 0.6) is 0 Å². The Bertz CT molecular complexity index is 280. The van der Waals surface area contributed by atoms with Gasteiger partial charge in [-0.05, 0) is 0 Å². The second-order valence-corrected chi connectivity index (χ2v) is 5.01. The Balaban J connectivity index is 2.70. The van der Waals surface area contributed by atoms with E-state index in [9.17, 15) is 8.96 Å². The van der Waals surface area contributed by atoms with E-state index in [0.29, 0.717) is 0 Å². The number of rotatable bonds is 5. The highest BCUT2D eigenvalue weighted by molar-refractivity contribution is 7.47. The van der Waals surface area contributed by atoms with Gasteiger partial charge in [-0.3, -0.25) is 9.05 Å². The molecule has 1 unspecified atom stereocenters. The number of hydrogen-bond donors (Lipinski definition) is 1. The Morgan fingerprint density at radius 2 is 2.19 bits per heavy atom. The zero-order valence-corrected chi connectivity index (χ0v) is 10.2. The van der Waals surface area contributed by atoms with Crippen molar-refractivity contribution >= 4 is 15.7 Å². The lowest BCUT2D eigenvalue weighted by Gasteiger charge is -2.21. The van der Waals surface area contributed by atoms with Gasteiger partial charge in [0.15, 0.2) is 0 Å². The Morgan fingerprint density at radius 3 is 2.69 bits per heavy atom. The highest BCUT2D eigenvalue weighted by Crippen LogP contribution is 2.46. The molecule has 1 N–H and O–H groups in total. The summed E-state index contributed by atoms with van der Waals surface area (Å²) in [7, 11) is -0.269. The molecule has 0 aromatic heterocycles. The molecule has 0 saturated carbocycles. The molecule has 94 valence electrons. The summed E-state index contributed by atoms with van der Waals surface area (Å²) in [4.78, 5) is 9.12. The van der Waals surface area contributed by atoms with E-state index in [0.717, 1.165) is 7.11 Å². The summed E-state index contributed by atoms with van der Waals surface area (Å²) in [5.41, 5.74) is 0. The average Bonchev–Trinajstić information content (AvgIpc) is 2.47. The summed E-state index contributed by atoms with van der Waals surface area (Å²) in [5.74, 6) is 0. The lowest BCUT2D eigenvalue weighted by molar-refractivity contribution is -0.0197. The molecule has 0 amide bonds. The standard InChI is InChI=1S/C7H15BFO6P/c1-12-3-4-6(5(9)7(8)14-4)15-16(10,11)13-2/h4-7H,3,8H2,1-2H3,(H,10,11)/t4-,5-,6-,7-/m1/s1. The van der Waals surface area contributed by atoms with Gasteiger partial charge in [0.05, 0.1) is 12.6 Å². The smallest absolute Gasteiger partial charge is 0.382 e. The second-order valence-electron chi connectivity index (χ2n) is 3.50. The zero-order chi connectivity index (χ0) is 12.3. The van der Waals surface area contributed by atoms with E-state index < -0.39 is 32.2 Å². The van der Waals surface area contributed by atoms with Crippen LogP contribution in [0.25, 0.3) is 0 Å². The minimum Gasteiger partial charge on any atom is -0.382 e. The number of ether oxygens (including phenoxy) is 2. The van der Waals surface area contributed by atoms with Crippen molar-refractivity contribution in [2.75, 3.05) is 20.8 Å². The fraction of sp³-hybridized carbons (Fsp3) is 1.00. The van der Waals surface area contributed by atoms with Crippen molar-refractivity contribution in [2.45, 2.75) is 24.4 Å². The Hall–Kier alpha value is 0.0249. The van der Waals surface area contributed by atoms with E-state index >= 15 is 0 Å². The van der Waals surface area contributed by atoms with Crippen LogP contribution in [-0.4, -0.2) is 57.9 Å². The maximum atomic E-state index is 13.6. The van der Waals surface area contributed by atoms with Crippen LogP contribution >= 0.6 is 7.82 Å². The molecule has 1 saturated heterocycles. The minimum absolute atomic E-state index is 0.0825. The molecule has 0 aromatic carbocycles. The van der Waals surface area contributed by atoms with E-state index in [4.69, 9.17) is 18.9 Å². The van der Waals surface area contributed by atoms with Gasteiger partial charge in [-0.15, -0.1) is 0 Å². The molecule has 0 aromatic rings. The second kappa shape index (κ2) is 5.57. The van der Waals surface area contributed by atoms with Gasteiger partial charge in [0.2, 0.25) is 0 Å². The van der Waals surface area contributed by atoms with Crippen LogP contribution in [-0.2, 0) is 23.1 Å². The molecular weight excluding hydrogens is 241 g/mol. The molecule has 5 atom stereocenters. The summed E-state index contributed by atoms with van der Waals surface area (Å²) < 4.78 is 43.8. The van der Waals surface area contributed by atoms with Crippen LogP contribution < -0.4 is 0 Å². The van der Waals surface area contributed by atoms with Gasteiger partial charge in [-0.25, -0.2) is 8.96 Å². The summed E-state index contributed by atoms with van der Waals surface area (Å²) in [6, 6.07) is -0.706. The molecule has 1 fully saturated rings. The molecule has 16 heavy (non-hydrogen) atoms. The first kappa shape index (κ1) is 14.1. The molecule has 0 spiro atoms. The van der Waals surface area contributed by atoms with Crippen LogP contribution in [0.15, 0.2) is 0 Å². The van der Waals surface area contributed by atoms with Gasteiger partial charge in [0, 0.05) is 14.2 Å². The predicted molar refractivity (Wildman–Crippen MR) is 55.7 cm³/mol. The molecular formula is C7H15BFO6P. The van der Waals surface area contributed by atoms with E-state index in [2.05, 4.69) is 4.52 Å². The van der Waals surface area contributed by atoms with Crippen molar-refractivity contribution in [1.29, 1.82) is 0 Å². The van der Waals surface area contributed by atoms with Crippen LogP contribution in [0.4, 0.5) is 4.39 Å². The molecule has 9 heteroatoms. The maximum absolute atomic E-state index is 13.6. The lowest BCUT2D eigenvalue weighted by Crippen LogP contribution is -2.34. The summed E-state index contributed by atoms with van der Waals surface area (Å²) in [5, 5.41) is 0. The number of phosphoric acid groups is 1. The van der Waals surface area contributed by atoms with Gasteiger partial charge >= 0.3 is 7.82 Å². The fourth-order valence-corrected chi connectivity index (χ4v) is 2.17. The largest absolute Gasteiger partial charge is 0.472 e. The van der Waals surface area contributed by atoms with Crippen LogP contribution in [0.2, 0.25) is 0 Å². The molecule has 0 radical (unpaired) electrons. The third kappa shape index (κ3) is 3.26. The number of methoxy groups -OCH3 is 1.